The summed E-state index contributed by atoms with van der Waals surface area (Å²) in [5, 5.41) is 5.79. The Hall–Kier alpha value is -2.63. The Morgan fingerprint density at radius 3 is 2.37 bits per heavy atom. The second-order valence-corrected chi connectivity index (χ2v) is 7.70. The average molecular weight is 368 g/mol. The van der Waals surface area contributed by atoms with Gasteiger partial charge in [0.05, 0.1) is 5.69 Å². The van der Waals surface area contributed by atoms with E-state index in [4.69, 9.17) is 0 Å². The van der Waals surface area contributed by atoms with Crippen molar-refractivity contribution in [3.05, 3.63) is 47.0 Å². The maximum atomic E-state index is 12.8. The first-order valence-electron chi connectivity index (χ1n) is 9.68. The first-order valence-corrected chi connectivity index (χ1v) is 9.68. The fraction of sp³-hybridized carbons (Fsp3) is 0.476. The molecule has 2 amide bonds. The molecule has 1 aromatic carbocycles. The molecule has 0 bridgehead atoms. The standard InChI is InChI=1S/C21H28N4O2/c1-13(2)15-8-10-16(11-9-15)23-21(27)19-24-18(20(26)22-14(3)4)17-7-5-6-12-25(17)19/h8-11,13-14H,5-7,12H2,1-4H3,(H,22,26)(H,23,27). The SMILES string of the molecule is CC(C)NC(=O)c1nc(C(=O)Nc2ccc(C(C)C)cc2)n2c1CCCC2. The zero-order valence-electron chi connectivity index (χ0n) is 16.5. The Kier molecular flexibility index (Phi) is 5.63. The van der Waals surface area contributed by atoms with Crippen molar-refractivity contribution in [3.8, 4) is 0 Å². The molecule has 0 fully saturated rings. The van der Waals surface area contributed by atoms with Gasteiger partial charge in [0.1, 0.15) is 5.69 Å². The minimum atomic E-state index is -0.279. The number of imidazole rings is 1. The van der Waals surface area contributed by atoms with Gasteiger partial charge in [-0.3, -0.25) is 9.59 Å². The number of aromatic nitrogens is 2. The number of hydrogen-bond donors (Lipinski definition) is 2. The van der Waals surface area contributed by atoms with Crippen LogP contribution in [0.25, 0.3) is 0 Å². The Morgan fingerprint density at radius 1 is 1.04 bits per heavy atom. The van der Waals surface area contributed by atoms with Crippen LogP contribution in [0.4, 0.5) is 5.69 Å². The highest BCUT2D eigenvalue weighted by Crippen LogP contribution is 2.23. The van der Waals surface area contributed by atoms with E-state index in [1.54, 1.807) is 0 Å². The molecule has 0 saturated heterocycles. The van der Waals surface area contributed by atoms with Crippen molar-refractivity contribution in [2.75, 3.05) is 5.32 Å². The van der Waals surface area contributed by atoms with Gasteiger partial charge >= 0.3 is 0 Å². The van der Waals surface area contributed by atoms with Crippen LogP contribution in [0.1, 0.15) is 78.8 Å². The smallest absolute Gasteiger partial charge is 0.291 e. The number of rotatable bonds is 5. The highest BCUT2D eigenvalue weighted by Gasteiger charge is 2.27. The lowest BCUT2D eigenvalue weighted by Crippen LogP contribution is -2.31. The van der Waals surface area contributed by atoms with Crippen molar-refractivity contribution in [3.63, 3.8) is 0 Å². The van der Waals surface area contributed by atoms with E-state index in [9.17, 15) is 9.59 Å². The van der Waals surface area contributed by atoms with E-state index >= 15 is 0 Å². The highest BCUT2D eigenvalue weighted by molar-refractivity contribution is 6.03. The van der Waals surface area contributed by atoms with Crippen LogP contribution in [0, 0.1) is 0 Å². The third kappa shape index (κ3) is 4.21. The minimum absolute atomic E-state index is 0.0233. The molecule has 0 atom stereocenters. The van der Waals surface area contributed by atoms with Crippen LogP contribution in [-0.4, -0.2) is 27.4 Å². The molecule has 1 aliphatic heterocycles. The van der Waals surface area contributed by atoms with Gasteiger partial charge in [0.15, 0.2) is 5.82 Å². The number of hydrogen-bond acceptors (Lipinski definition) is 3. The molecule has 2 aromatic rings. The molecule has 0 saturated carbocycles. The number of nitrogens with one attached hydrogen (secondary N) is 2. The first kappa shape index (κ1) is 19.1. The van der Waals surface area contributed by atoms with Crippen LogP contribution in [-0.2, 0) is 13.0 Å². The lowest BCUT2D eigenvalue weighted by atomic mass is 10.0. The molecule has 1 aromatic heterocycles. The molecule has 2 heterocycles. The normalized spacial score (nSPS) is 13.6. The predicted octanol–water partition coefficient (Wildman–Crippen LogP) is 3.73. The lowest BCUT2D eigenvalue weighted by Gasteiger charge is -2.17. The van der Waals surface area contributed by atoms with Gasteiger partial charge in [-0.25, -0.2) is 4.98 Å². The van der Waals surface area contributed by atoms with E-state index in [0.717, 1.165) is 30.6 Å². The van der Waals surface area contributed by atoms with E-state index in [0.29, 0.717) is 24.0 Å². The molecule has 6 heteroatoms. The maximum absolute atomic E-state index is 12.8. The van der Waals surface area contributed by atoms with Gasteiger partial charge in [0, 0.05) is 18.3 Å². The number of amides is 2. The molecule has 6 nitrogen and oxygen atoms in total. The molecule has 0 radical (unpaired) electrons. The van der Waals surface area contributed by atoms with Gasteiger partial charge in [0.25, 0.3) is 11.8 Å². The van der Waals surface area contributed by atoms with Crippen molar-refractivity contribution < 1.29 is 9.59 Å². The summed E-state index contributed by atoms with van der Waals surface area (Å²) in [5.74, 6) is 0.262. The summed E-state index contributed by atoms with van der Waals surface area (Å²) in [7, 11) is 0. The van der Waals surface area contributed by atoms with Crippen LogP contribution in [0.2, 0.25) is 0 Å². The van der Waals surface area contributed by atoms with Gasteiger partial charge in [-0.2, -0.15) is 0 Å². The van der Waals surface area contributed by atoms with E-state index in [1.807, 2.05) is 42.7 Å². The highest BCUT2D eigenvalue weighted by atomic mass is 16.2. The molecule has 27 heavy (non-hydrogen) atoms. The van der Waals surface area contributed by atoms with Crippen molar-refractivity contribution in [2.45, 2.75) is 65.5 Å². The number of anilines is 1. The van der Waals surface area contributed by atoms with Crippen molar-refractivity contribution in [1.82, 2.24) is 14.9 Å². The zero-order chi connectivity index (χ0) is 19.6. The van der Waals surface area contributed by atoms with E-state index in [1.165, 1.54) is 5.56 Å². The van der Waals surface area contributed by atoms with Gasteiger partial charge < -0.3 is 15.2 Å². The first-order chi connectivity index (χ1) is 12.9. The number of nitrogens with zero attached hydrogens (tertiary/aromatic N) is 2. The fourth-order valence-electron chi connectivity index (χ4n) is 3.37. The average Bonchev–Trinajstić information content (AvgIpc) is 3.01. The van der Waals surface area contributed by atoms with Crippen LogP contribution in [0.15, 0.2) is 24.3 Å². The third-order valence-corrected chi connectivity index (χ3v) is 4.79. The molecule has 1 aliphatic rings. The van der Waals surface area contributed by atoms with Gasteiger partial charge in [0.2, 0.25) is 0 Å². The summed E-state index contributed by atoms with van der Waals surface area (Å²) >= 11 is 0. The van der Waals surface area contributed by atoms with Crippen molar-refractivity contribution in [1.29, 1.82) is 0 Å². The summed E-state index contributed by atoms with van der Waals surface area (Å²) in [6.45, 7) is 8.80. The third-order valence-electron chi connectivity index (χ3n) is 4.79. The summed E-state index contributed by atoms with van der Waals surface area (Å²) in [5.41, 5.74) is 3.19. The fourth-order valence-corrected chi connectivity index (χ4v) is 3.37. The van der Waals surface area contributed by atoms with Gasteiger partial charge in [-0.05, 0) is 56.7 Å². The summed E-state index contributed by atoms with van der Waals surface area (Å²) in [6, 6.07) is 7.86. The van der Waals surface area contributed by atoms with E-state index in [2.05, 4.69) is 29.5 Å². The summed E-state index contributed by atoms with van der Waals surface area (Å²) < 4.78 is 1.90. The molecule has 144 valence electrons. The number of carbonyl (C=O) groups is 2. The van der Waals surface area contributed by atoms with Crippen LogP contribution in [0.5, 0.6) is 0 Å². The molecule has 3 rings (SSSR count). The molecule has 0 aliphatic carbocycles. The Balaban J connectivity index is 1.85. The molecule has 0 spiro atoms. The number of fused-ring (bicyclic) bond motifs is 1. The van der Waals surface area contributed by atoms with E-state index < -0.39 is 0 Å². The lowest BCUT2D eigenvalue weighted by molar-refractivity contribution is 0.0937. The number of carbonyl (C=O) groups excluding carboxylic acids is 2. The quantitative estimate of drug-likeness (QED) is 0.844. The largest absolute Gasteiger partial charge is 0.348 e. The topological polar surface area (TPSA) is 76.0 Å². The van der Waals surface area contributed by atoms with Crippen LogP contribution in [0.3, 0.4) is 0 Å². The van der Waals surface area contributed by atoms with E-state index in [-0.39, 0.29) is 17.9 Å². The Labute approximate surface area is 160 Å². The zero-order valence-corrected chi connectivity index (χ0v) is 16.5. The maximum Gasteiger partial charge on any atom is 0.291 e. The molecule has 0 unspecified atom stereocenters. The monoisotopic (exact) mass is 368 g/mol. The van der Waals surface area contributed by atoms with Gasteiger partial charge in [-0.15, -0.1) is 0 Å². The van der Waals surface area contributed by atoms with Crippen molar-refractivity contribution in [2.24, 2.45) is 0 Å². The molecular formula is C21H28N4O2. The molecule has 2 N–H and O–H groups in total. The van der Waals surface area contributed by atoms with Crippen LogP contribution >= 0.6 is 0 Å². The Morgan fingerprint density at radius 2 is 1.74 bits per heavy atom. The summed E-state index contributed by atoms with van der Waals surface area (Å²) in [6.07, 6.45) is 2.76. The van der Waals surface area contributed by atoms with Crippen molar-refractivity contribution >= 4 is 17.5 Å². The van der Waals surface area contributed by atoms with Crippen LogP contribution < -0.4 is 10.6 Å². The number of benzene rings is 1. The second-order valence-electron chi connectivity index (χ2n) is 7.70. The second kappa shape index (κ2) is 7.94. The molecular weight excluding hydrogens is 340 g/mol. The minimum Gasteiger partial charge on any atom is -0.348 e. The predicted molar refractivity (Wildman–Crippen MR) is 106 cm³/mol. The van der Waals surface area contributed by atoms with Gasteiger partial charge in [-0.1, -0.05) is 26.0 Å². The Bertz CT molecular complexity index is 835. The summed E-state index contributed by atoms with van der Waals surface area (Å²) in [4.78, 5) is 29.8.